The fraction of sp³-hybridized carbons (Fsp3) is 0.0625. The number of hydrogen-bond donors (Lipinski definition) is 2. The lowest BCUT2D eigenvalue weighted by molar-refractivity contribution is 0.409. The number of halogens is 1. The number of hydrogen-bond acceptors (Lipinski definition) is 6. The summed E-state index contributed by atoms with van der Waals surface area (Å²) in [6, 6.07) is 9.64. The van der Waals surface area contributed by atoms with E-state index in [4.69, 9.17) is 4.74 Å². The van der Waals surface area contributed by atoms with E-state index in [1.165, 1.54) is 55.0 Å². The SMILES string of the molecule is COc1cc(O)ccc1NS(=O)(=O)c1csc(-c2ccc(F)cc2)n1. The van der Waals surface area contributed by atoms with Gasteiger partial charge < -0.3 is 9.84 Å². The van der Waals surface area contributed by atoms with Crippen molar-refractivity contribution in [2.45, 2.75) is 5.03 Å². The highest BCUT2D eigenvalue weighted by Gasteiger charge is 2.20. The molecule has 130 valence electrons. The number of ether oxygens (including phenoxy) is 1. The van der Waals surface area contributed by atoms with Crippen molar-refractivity contribution in [2.24, 2.45) is 0 Å². The van der Waals surface area contributed by atoms with Crippen LogP contribution in [0.25, 0.3) is 10.6 Å². The number of sulfonamides is 1. The zero-order valence-corrected chi connectivity index (χ0v) is 14.6. The lowest BCUT2D eigenvalue weighted by Gasteiger charge is -2.10. The zero-order valence-electron chi connectivity index (χ0n) is 12.9. The summed E-state index contributed by atoms with van der Waals surface area (Å²) in [5.74, 6) is -0.251. The van der Waals surface area contributed by atoms with Gasteiger partial charge in [-0.2, -0.15) is 8.42 Å². The second-order valence-corrected chi connectivity index (χ2v) is 7.48. The number of phenols is 1. The number of phenolic OH excluding ortho intramolecular Hbond substituents is 1. The second-order valence-electron chi connectivity index (χ2n) is 4.99. The van der Waals surface area contributed by atoms with Crippen LogP contribution in [0.5, 0.6) is 11.5 Å². The largest absolute Gasteiger partial charge is 0.508 e. The lowest BCUT2D eigenvalue weighted by Crippen LogP contribution is -2.14. The van der Waals surface area contributed by atoms with Crippen molar-refractivity contribution in [1.82, 2.24) is 4.98 Å². The Kier molecular flexibility index (Phi) is 4.60. The Morgan fingerprint density at radius 2 is 1.92 bits per heavy atom. The van der Waals surface area contributed by atoms with E-state index in [-0.39, 0.29) is 28.0 Å². The smallest absolute Gasteiger partial charge is 0.280 e. The maximum absolute atomic E-state index is 13.0. The number of benzene rings is 2. The summed E-state index contributed by atoms with van der Waals surface area (Å²) in [6.45, 7) is 0. The molecule has 3 aromatic rings. The summed E-state index contributed by atoms with van der Waals surface area (Å²) in [5.41, 5.74) is 0.798. The Bertz CT molecular complexity index is 1000. The van der Waals surface area contributed by atoms with Gasteiger partial charge in [-0.25, -0.2) is 9.37 Å². The van der Waals surface area contributed by atoms with Gasteiger partial charge in [-0.1, -0.05) is 0 Å². The quantitative estimate of drug-likeness (QED) is 0.662. The van der Waals surface area contributed by atoms with Gasteiger partial charge in [-0.05, 0) is 36.4 Å². The fourth-order valence-corrected chi connectivity index (χ4v) is 4.24. The Hall–Kier alpha value is -2.65. The van der Waals surface area contributed by atoms with Crippen molar-refractivity contribution in [3.8, 4) is 22.1 Å². The lowest BCUT2D eigenvalue weighted by atomic mass is 10.2. The van der Waals surface area contributed by atoms with Gasteiger partial charge >= 0.3 is 0 Å². The molecular weight excluding hydrogens is 367 g/mol. The third-order valence-corrected chi connectivity index (χ3v) is 5.57. The molecule has 2 aromatic carbocycles. The van der Waals surface area contributed by atoms with Gasteiger partial charge in [0.25, 0.3) is 10.0 Å². The molecule has 2 N–H and O–H groups in total. The second kappa shape index (κ2) is 6.69. The normalized spacial score (nSPS) is 11.3. The van der Waals surface area contributed by atoms with Crippen molar-refractivity contribution in [2.75, 3.05) is 11.8 Å². The maximum Gasteiger partial charge on any atom is 0.280 e. The molecule has 0 radical (unpaired) electrons. The first kappa shape index (κ1) is 17.2. The Labute approximate surface area is 147 Å². The molecule has 1 heterocycles. The minimum Gasteiger partial charge on any atom is -0.508 e. The first-order valence-corrected chi connectivity index (χ1v) is 9.36. The standard InChI is InChI=1S/C16H13FN2O4S2/c1-23-14-8-12(20)6-7-13(14)19-25(21,22)15-9-24-16(18-15)10-2-4-11(17)5-3-10/h2-9,19-20H,1H3. The van der Waals surface area contributed by atoms with Crippen LogP contribution in [-0.2, 0) is 10.0 Å². The van der Waals surface area contributed by atoms with Gasteiger partial charge in [-0.15, -0.1) is 11.3 Å². The van der Waals surface area contributed by atoms with Gasteiger partial charge in [0, 0.05) is 17.0 Å². The number of thiazole rings is 1. The molecular formula is C16H13FN2O4S2. The molecule has 6 nitrogen and oxygen atoms in total. The molecule has 0 aliphatic heterocycles. The molecule has 0 bridgehead atoms. The molecule has 0 fully saturated rings. The molecule has 0 saturated heterocycles. The molecule has 0 amide bonds. The minimum absolute atomic E-state index is 0.0490. The molecule has 0 saturated carbocycles. The third kappa shape index (κ3) is 3.72. The topological polar surface area (TPSA) is 88.5 Å². The van der Waals surface area contributed by atoms with E-state index in [0.717, 1.165) is 11.3 Å². The van der Waals surface area contributed by atoms with Crippen LogP contribution in [0, 0.1) is 5.82 Å². The molecule has 0 unspecified atom stereocenters. The fourth-order valence-electron chi connectivity index (χ4n) is 2.07. The van der Waals surface area contributed by atoms with Crippen LogP contribution in [0.2, 0.25) is 0 Å². The summed E-state index contributed by atoms with van der Waals surface area (Å²) in [6.07, 6.45) is 0. The van der Waals surface area contributed by atoms with Crippen molar-refractivity contribution >= 4 is 27.0 Å². The minimum atomic E-state index is -3.94. The van der Waals surface area contributed by atoms with Crippen molar-refractivity contribution in [3.63, 3.8) is 0 Å². The highest BCUT2D eigenvalue weighted by molar-refractivity contribution is 7.92. The third-order valence-electron chi connectivity index (χ3n) is 3.28. The van der Waals surface area contributed by atoms with E-state index in [9.17, 15) is 17.9 Å². The molecule has 3 rings (SSSR count). The molecule has 0 spiro atoms. The monoisotopic (exact) mass is 380 g/mol. The first-order chi connectivity index (χ1) is 11.9. The predicted octanol–water partition coefficient (Wildman–Crippen LogP) is 3.46. The number of nitrogens with zero attached hydrogens (tertiary/aromatic N) is 1. The van der Waals surface area contributed by atoms with E-state index in [0.29, 0.717) is 10.6 Å². The summed E-state index contributed by atoms with van der Waals surface area (Å²) in [4.78, 5) is 4.11. The zero-order chi connectivity index (χ0) is 18.0. The molecule has 0 aliphatic carbocycles. The van der Waals surface area contributed by atoms with Crippen LogP contribution in [0.15, 0.2) is 52.9 Å². The van der Waals surface area contributed by atoms with Crippen LogP contribution in [0.3, 0.4) is 0 Å². The Morgan fingerprint density at radius 1 is 1.20 bits per heavy atom. The maximum atomic E-state index is 13.0. The van der Waals surface area contributed by atoms with Crippen molar-refractivity contribution in [3.05, 3.63) is 53.7 Å². The van der Waals surface area contributed by atoms with Gasteiger partial charge in [0.05, 0.1) is 12.8 Å². The van der Waals surface area contributed by atoms with E-state index < -0.39 is 10.0 Å². The van der Waals surface area contributed by atoms with Crippen LogP contribution >= 0.6 is 11.3 Å². The average molecular weight is 380 g/mol. The van der Waals surface area contributed by atoms with Gasteiger partial charge in [0.2, 0.25) is 0 Å². The van der Waals surface area contributed by atoms with Crippen LogP contribution < -0.4 is 9.46 Å². The molecule has 0 atom stereocenters. The highest BCUT2D eigenvalue weighted by atomic mass is 32.2. The molecule has 0 aliphatic rings. The predicted molar refractivity (Wildman–Crippen MR) is 93.0 cm³/mol. The van der Waals surface area contributed by atoms with Crippen molar-refractivity contribution < 1.29 is 22.7 Å². The van der Waals surface area contributed by atoms with Crippen LogP contribution in [0.4, 0.5) is 10.1 Å². The van der Waals surface area contributed by atoms with Gasteiger partial charge in [0.1, 0.15) is 22.3 Å². The van der Waals surface area contributed by atoms with E-state index in [2.05, 4.69) is 9.71 Å². The van der Waals surface area contributed by atoms with Gasteiger partial charge in [0.15, 0.2) is 5.03 Å². The van der Waals surface area contributed by atoms with E-state index in [1.807, 2.05) is 0 Å². The van der Waals surface area contributed by atoms with Crippen molar-refractivity contribution in [1.29, 1.82) is 0 Å². The summed E-state index contributed by atoms with van der Waals surface area (Å²) >= 11 is 1.13. The summed E-state index contributed by atoms with van der Waals surface area (Å²) < 4.78 is 45.4. The Balaban J connectivity index is 1.90. The number of aromatic nitrogens is 1. The number of nitrogens with one attached hydrogen (secondary N) is 1. The summed E-state index contributed by atoms with van der Waals surface area (Å²) in [7, 11) is -2.58. The first-order valence-electron chi connectivity index (χ1n) is 7.00. The van der Waals surface area contributed by atoms with Crippen LogP contribution in [-0.4, -0.2) is 25.6 Å². The molecule has 9 heteroatoms. The Morgan fingerprint density at radius 3 is 2.60 bits per heavy atom. The average Bonchev–Trinajstić information content (AvgIpc) is 3.08. The van der Waals surface area contributed by atoms with Gasteiger partial charge in [-0.3, -0.25) is 4.72 Å². The number of rotatable bonds is 5. The molecule has 1 aromatic heterocycles. The number of aromatic hydroxyl groups is 1. The number of anilines is 1. The van der Waals surface area contributed by atoms with E-state index >= 15 is 0 Å². The van der Waals surface area contributed by atoms with Crippen LogP contribution in [0.1, 0.15) is 0 Å². The van der Waals surface area contributed by atoms with E-state index in [1.54, 1.807) is 0 Å². The summed E-state index contributed by atoms with van der Waals surface area (Å²) in [5, 5.41) is 11.1. The highest BCUT2D eigenvalue weighted by Crippen LogP contribution is 2.31. The number of methoxy groups -OCH3 is 1. The molecule has 25 heavy (non-hydrogen) atoms.